The van der Waals surface area contributed by atoms with Crippen molar-refractivity contribution in [1.82, 2.24) is 9.78 Å². The number of anilines is 1. The van der Waals surface area contributed by atoms with Gasteiger partial charge < -0.3 is 10.1 Å². The standard InChI is InChI=1S/C16H13N3O3S/c1-19-13(8-9-17-19)16(21)22-12-6-4-11(5-7-12)18-15(20)14-3-2-10-23-14/h2-10H,1H3,(H,18,20). The molecule has 0 bridgehead atoms. The van der Waals surface area contributed by atoms with E-state index in [2.05, 4.69) is 10.4 Å². The van der Waals surface area contributed by atoms with Crippen LogP contribution in [0.5, 0.6) is 5.75 Å². The topological polar surface area (TPSA) is 73.2 Å². The van der Waals surface area contributed by atoms with Gasteiger partial charge in [-0.15, -0.1) is 11.3 Å². The first kappa shape index (κ1) is 15.0. The number of thiophene rings is 1. The minimum Gasteiger partial charge on any atom is -0.422 e. The van der Waals surface area contributed by atoms with Crippen LogP contribution in [-0.4, -0.2) is 21.7 Å². The predicted octanol–water partition coefficient (Wildman–Crippen LogP) is 2.95. The van der Waals surface area contributed by atoms with E-state index >= 15 is 0 Å². The number of carbonyl (C=O) groups is 2. The molecule has 0 aliphatic heterocycles. The van der Waals surface area contributed by atoms with Crippen molar-refractivity contribution in [3.63, 3.8) is 0 Å². The normalized spacial score (nSPS) is 10.3. The van der Waals surface area contributed by atoms with Crippen molar-refractivity contribution >= 4 is 28.9 Å². The van der Waals surface area contributed by atoms with Gasteiger partial charge >= 0.3 is 5.97 Å². The zero-order valence-corrected chi connectivity index (χ0v) is 13.0. The van der Waals surface area contributed by atoms with Crippen LogP contribution in [0.1, 0.15) is 20.2 Å². The molecule has 0 atom stereocenters. The maximum absolute atomic E-state index is 12.0. The summed E-state index contributed by atoms with van der Waals surface area (Å²) in [7, 11) is 1.67. The number of nitrogens with one attached hydrogen (secondary N) is 1. The predicted molar refractivity (Wildman–Crippen MR) is 86.9 cm³/mol. The Morgan fingerprint density at radius 2 is 1.96 bits per heavy atom. The average molecular weight is 327 g/mol. The van der Waals surface area contributed by atoms with Crippen LogP contribution in [0.25, 0.3) is 0 Å². The van der Waals surface area contributed by atoms with Crippen LogP contribution in [0.4, 0.5) is 5.69 Å². The summed E-state index contributed by atoms with van der Waals surface area (Å²) in [5, 5.41) is 8.54. The van der Waals surface area contributed by atoms with Crippen LogP contribution in [0.2, 0.25) is 0 Å². The first-order valence-corrected chi connectivity index (χ1v) is 7.66. The number of esters is 1. The number of hydrogen-bond acceptors (Lipinski definition) is 5. The molecule has 0 aliphatic carbocycles. The van der Waals surface area contributed by atoms with Crippen molar-refractivity contribution in [1.29, 1.82) is 0 Å². The summed E-state index contributed by atoms with van der Waals surface area (Å²) in [5.41, 5.74) is 0.990. The number of hydrogen-bond donors (Lipinski definition) is 1. The zero-order valence-electron chi connectivity index (χ0n) is 12.2. The molecule has 116 valence electrons. The van der Waals surface area contributed by atoms with Gasteiger partial charge in [-0.3, -0.25) is 9.48 Å². The Hall–Kier alpha value is -2.93. The van der Waals surface area contributed by atoms with E-state index in [0.717, 1.165) is 0 Å². The van der Waals surface area contributed by atoms with Gasteiger partial charge in [-0.1, -0.05) is 6.07 Å². The van der Waals surface area contributed by atoms with Gasteiger partial charge in [-0.2, -0.15) is 5.10 Å². The molecule has 0 spiro atoms. The molecule has 0 unspecified atom stereocenters. The van der Waals surface area contributed by atoms with Gasteiger partial charge in [0.2, 0.25) is 0 Å². The van der Waals surface area contributed by atoms with Crippen LogP contribution in [0.15, 0.2) is 54.0 Å². The minimum atomic E-state index is -0.486. The first-order chi connectivity index (χ1) is 11.1. The molecule has 0 saturated heterocycles. The number of aromatic nitrogens is 2. The van der Waals surface area contributed by atoms with Gasteiger partial charge in [0, 0.05) is 18.9 Å². The molecule has 23 heavy (non-hydrogen) atoms. The second kappa shape index (κ2) is 6.45. The maximum atomic E-state index is 12.0. The van der Waals surface area contributed by atoms with Crippen molar-refractivity contribution in [3.8, 4) is 5.75 Å². The molecule has 3 aromatic rings. The van der Waals surface area contributed by atoms with E-state index in [1.54, 1.807) is 43.4 Å². The number of rotatable bonds is 4. The molecule has 1 amide bonds. The number of amides is 1. The minimum absolute atomic E-state index is 0.167. The Morgan fingerprint density at radius 1 is 1.17 bits per heavy atom. The fourth-order valence-electron chi connectivity index (χ4n) is 1.94. The molecular formula is C16H13N3O3S. The van der Waals surface area contributed by atoms with Crippen molar-refractivity contribution in [3.05, 3.63) is 64.6 Å². The van der Waals surface area contributed by atoms with Crippen LogP contribution in [-0.2, 0) is 7.05 Å². The number of nitrogens with zero attached hydrogens (tertiary/aromatic N) is 2. The summed E-state index contributed by atoms with van der Waals surface area (Å²) in [6.45, 7) is 0. The second-order valence-electron chi connectivity index (χ2n) is 4.69. The van der Waals surface area contributed by atoms with E-state index in [0.29, 0.717) is 22.0 Å². The Labute approximate surface area is 136 Å². The van der Waals surface area contributed by atoms with Crippen molar-refractivity contribution in [2.45, 2.75) is 0 Å². The summed E-state index contributed by atoms with van der Waals surface area (Å²) < 4.78 is 6.70. The molecule has 1 N–H and O–H groups in total. The Bertz CT molecular complexity index is 823. The molecule has 0 radical (unpaired) electrons. The van der Waals surface area contributed by atoms with Gasteiger partial charge in [-0.25, -0.2) is 4.79 Å². The van der Waals surface area contributed by atoms with Gasteiger partial charge in [0.05, 0.1) is 4.88 Å². The molecular weight excluding hydrogens is 314 g/mol. The first-order valence-electron chi connectivity index (χ1n) is 6.78. The highest BCUT2D eigenvalue weighted by Crippen LogP contribution is 2.18. The molecule has 0 saturated carbocycles. The van der Waals surface area contributed by atoms with Crippen LogP contribution in [0, 0.1) is 0 Å². The molecule has 0 aliphatic rings. The smallest absolute Gasteiger partial charge is 0.361 e. The Morgan fingerprint density at radius 3 is 2.57 bits per heavy atom. The van der Waals surface area contributed by atoms with Gasteiger partial charge in [-0.05, 0) is 41.8 Å². The van der Waals surface area contributed by atoms with Crippen LogP contribution >= 0.6 is 11.3 Å². The number of carbonyl (C=O) groups excluding carboxylic acids is 2. The second-order valence-corrected chi connectivity index (χ2v) is 5.63. The number of benzene rings is 1. The summed E-state index contributed by atoms with van der Waals surface area (Å²) in [6, 6.07) is 11.8. The SMILES string of the molecule is Cn1nccc1C(=O)Oc1ccc(NC(=O)c2cccs2)cc1. The van der Waals surface area contributed by atoms with Crippen LogP contribution < -0.4 is 10.1 Å². The Kier molecular flexibility index (Phi) is 4.20. The fourth-order valence-corrected chi connectivity index (χ4v) is 2.56. The fraction of sp³-hybridized carbons (Fsp3) is 0.0625. The molecule has 0 fully saturated rings. The largest absolute Gasteiger partial charge is 0.422 e. The van der Waals surface area contributed by atoms with E-state index < -0.39 is 5.97 Å². The van der Waals surface area contributed by atoms with E-state index in [9.17, 15) is 9.59 Å². The molecule has 3 rings (SSSR count). The monoisotopic (exact) mass is 327 g/mol. The molecule has 2 heterocycles. The van der Waals surface area contributed by atoms with Crippen LogP contribution in [0.3, 0.4) is 0 Å². The van der Waals surface area contributed by atoms with E-state index in [4.69, 9.17) is 4.74 Å². The molecule has 7 heteroatoms. The van der Waals surface area contributed by atoms with Crippen molar-refractivity contribution in [2.24, 2.45) is 7.05 Å². The van der Waals surface area contributed by atoms with E-state index in [-0.39, 0.29) is 5.91 Å². The third-order valence-corrected chi connectivity index (χ3v) is 3.97. The van der Waals surface area contributed by atoms with Gasteiger partial charge in [0.15, 0.2) is 0 Å². The lowest BCUT2D eigenvalue weighted by Gasteiger charge is -2.07. The van der Waals surface area contributed by atoms with E-state index in [1.165, 1.54) is 22.2 Å². The lowest BCUT2D eigenvalue weighted by atomic mass is 10.3. The third-order valence-electron chi connectivity index (χ3n) is 3.10. The highest BCUT2D eigenvalue weighted by atomic mass is 32.1. The van der Waals surface area contributed by atoms with E-state index in [1.807, 2.05) is 11.4 Å². The summed E-state index contributed by atoms with van der Waals surface area (Å²) >= 11 is 1.37. The molecule has 2 aromatic heterocycles. The summed E-state index contributed by atoms with van der Waals surface area (Å²) in [5.74, 6) is -0.259. The quantitative estimate of drug-likeness (QED) is 0.590. The van der Waals surface area contributed by atoms with Crippen molar-refractivity contribution in [2.75, 3.05) is 5.32 Å². The molecule has 6 nitrogen and oxygen atoms in total. The Balaban J connectivity index is 1.64. The zero-order chi connectivity index (χ0) is 16.2. The lowest BCUT2D eigenvalue weighted by Crippen LogP contribution is -2.13. The third kappa shape index (κ3) is 3.46. The maximum Gasteiger partial charge on any atom is 0.361 e. The summed E-state index contributed by atoms with van der Waals surface area (Å²) in [6.07, 6.45) is 1.53. The highest BCUT2D eigenvalue weighted by molar-refractivity contribution is 7.12. The lowest BCUT2D eigenvalue weighted by molar-refractivity contribution is 0.0723. The van der Waals surface area contributed by atoms with Gasteiger partial charge in [0.1, 0.15) is 11.4 Å². The van der Waals surface area contributed by atoms with Crippen molar-refractivity contribution < 1.29 is 14.3 Å². The molecule has 1 aromatic carbocycles. The number of aryl methyl sites for hydroxylation is 1. The van der Waals surface area contributed by atoms with Gasteiger partial charge in [0.25, 0.3) is 5.91 Å². The average Bonchev–Trinajstić information content (AvgIpc) is 3.20. The highest BCUT2D eigenvalue weighted by Gasteiger charge is 2.12. The summed E-state index contributed by atoms with van der Waals surface area (Å²) in [4.78, 5) is 24.5. The number of ether oxygens (including phenoxy) is 1.